The van der Waals surface area contributed by atoms with Gasteiger partial charge in [0.25, 0.3) is 0 Å². The molecule has 0 bridgehead atoms. The summed E-state index contributed by atoms with van der Waals surface area (Å²) in [5.41, 5.74) is 3.67. The highest BCUT2D eigenvalue weighted by atomic mass is 35.5. The highest BCUT2D eigenvalue weighted by Gasteiger charge is 2.28. The summed E-state index contributed by atoms with van der Waals surface area (Å²) in [6.07, 6.45) is 3.69. The number of rotatable bonds is 5. The van der Waals surface area contributed by atoms with Crippen molar-refractivity contribution in [2.75, 3.05) is 40.9 Å². The molecule has 2 aromatic heterocycles. The highest BCUT2D eigenvalue weighted by molar-refractivity contribution is 6.31. The summed E-state index contributed by atoms with van der Waals surface area (Å²) >= 11 is 6.11. The molecular weight excluding hydrogens is 493 g/mol. The quantitative estimate of drug-likeness (QED) is 0.463. The Hall–Kier alpha value is -3.39. The first-order chi connectivity index (χ1) is 17.7. The lowest BCUT2D eigenvalue weighted by molar-refractivity contribution is 0.0696. The SMILES string of the molecule is Cc1cc(C(=O)O)cnc1N1CCN(c2cc(-c3ccc(F)c(Cl)c3)nc(N3CCCC3C)c2)C(C)C1. The number of carbonyl (C=O) groups is 1. The highest BCUT2D eigenvalue weighted by Crippen LogP contribution is 2.34. The molecule has 2 fully saturated rings. The van der Waals surface area contributed by atoms with Crippen molar-refractivity contribution in [3.05, 3.63) is 64.6 Å². The van der Waals surface area contributed by atoms with E-state index in [1.54, 1.807) is 18.2 Å². The second-order valence-electron chi connectivity index (χ2n) is 10.0. The van der Waals surface area contributed by atoms with E-state index in [0.717, 1.165) is 73.2 Å². The average molecular weight is 524 g/mol. The normalized spacial score (nSPS) is 20.0. The molecule has 0 aliphatic carbocycles. The Morgan fingerprint density at radius 2 is 1.89 bits per heavy atom. The Labute approximate surface area is 221 Å². The smallest absolute Gasteiger partial charge is 0.337 e. The van der Waals surface area contributed by atoms with E-state index < -0.39 is 11.8 Å². The number of carboxylic acids is 1. The van der Waals surface area contributed by atoms with Crippen LogP contribution in [0.4, 0.5) is 21.7 Å². The molecule has 2 aliphatic rings. The number of carboxylic acid groups (broad SMARTS) is 1. The van der Waals surface area contributed by atoms with Gasteiger partial charge in [0, 0.05) is 61.8 Å². The fourth-order valence-electron chi connectivity index (χ4n) is 5.44. The molecule has 4 heterocycles. The number of aryl methyl sites for hydroxylation is 1. The number of nitrogens with zero attached hydrogens (tertiary/aromatic N) is 5. The van der Waals surface area contributed by atoms with E-state index >= 15 is 0 Å². The summed E-state index contributed by atoms with van der Waals surface area (Å²) in [6.45, 7) is 9.53. The van der Waals surface area contributed by atoms with Crippen LogP contribution in [0.2, 0.25) is 5.02 Å². The van der Waals surface area contributed by atoms with Gasteiger partial charge in [-0.3, -0.25) is 0 Å². The monoisotopic (exact) mass is 523 g/mol. The van der Waals surface area contributed by atoms with E-state index in [1.807, 2.05) is 6.92 Å². The number of benzene rings is 1. The van der Waals surface area contributed by atoms with Crippen LogP contribution in [0.3, 0.4) is 0 Å². The van der Waals surface area contributed by atoms with Gasteiger partial charge >= 0.3 is 5.97 Å². The Morgan fingerprint density at radius 1 is 1.08 bits per heavy atom. The predicted octanol–water partition coefficient (Wildman–Crippen LogP) is 5.65. The zero-order chi connectivity index (χ0) is 26.3. The average Bonchev–Trinajstić information content (AvgIpc) is 3.31. The lowest BCUT2D eigenvalue weighted by atomic mass is 10.1. The van der Waals surface area contributed by atoms with Crippen LogP contribution in [-0.4, -0.2) is 59.3 Å². The zero-order valence-electron chi connectivity index (χ0n) is 21.3. The lowest BCUT2D eigenvalue weighted by Gasteiger charge is -2.42. The van der Waals surface area contributed by atoms with E-state index in [9.17, 15) is 14.3 Å². The van der Waals surface area contributed by atoms with Crippen LogP contribution in [0.25, 0.3) is 11.3 Å². The molecular formula is C28H31ClFN5O2. The number of hydrogen-bond acceptors (Lipinski definition) is 6. The Bertz CT molecular complexity index is 1340. The molecule has 0 spiro atoms. The maximum Gasteiger partial charge on any atom is 0.337 e. The first-order valence-corrected chi connectivity index (χ1v) is 13.0. The van der Waals surface area contributed by atoms with Crippen molar-refractivity contribution in [2.45, 2.75) is 45.7 Å². The first-order valence-electron chi connectivity index (χ1n) is 12.7. The van der Waals surface area contributed by atoms with Crippen LogP contribution in [0, 0.1) is 12.7 Å². The Balaban J connectivity index is 1.46. The third-order valence-corrected chi connectivity index (χ3v) is 7.71. The van der Waals surface area contributed by atoms with Gasteiger partial charge in [0.2, 0.25) is 0 Å². The van der Waals surface area contributed by atoms with Gasteiger partial charge in [0.15, 0.2) is 0 Å². The maximum atomic E-state index is 13.9. The minimum atomic E-state index is -0.973. The fourth-order valence-corrected chi connectivity index (χ4v) is 5.62. The zero-order valence-corrected chi connectivity index (χ0v) is 22.0. The summed E-state index contributed by atoms with van der Waals surface area (Å²) in [6, 6.07) is 11.2. The summed E-state index contributed by atoms with van der Waals surface area (Å²) in [5.74, 6) is 0.327. The van der Waals surface area contributed by atoms with Gasteiger partial charge in [-0.15, -0.1) is 0 Å². The second-order valence-corrected chi connectivity index (χ2v) is 10.4. The minimum absolute atomic E-state index is 0.0829. The molecule has 2 aliphatic heterocycles. The molecule has 2 unspecified atom stereocenters. The molecule has 7 nitrogen and oxygen atoms in total. The molecule has 0 saturated carbocycles. The van der Waals surface area contributed by atoms with E-state index in [-0.39, 0.29) is 16.6 Å². The van der Waals surface area contributed by atoms with Crippen molar-refractivity contribution >= 4 is 34.9 Å². The van der Waals surface area contributed by atoms with Gasteiger partial charge in [-0.25, -0.2) is 19.2 Å². The Morgan fingerprint density at radius 3 is 2.54 bits per heavy atom. The van der Waals surface area contributed by atoms with Crippen molar-refractivity contribution in [1.29, 1.82) is 0 Å². The number of aromatic nitrogens is 2. The first kappa shape index (κ1) is 25.3. The minimum Gasteiger partial charge on any atom is -0.478 e. The molecule has 194 valence electrons. The molecule has 9 heteroatoms. The summed E-state index contributed by atoms with van der Waals surface area (Å²) < 4.78 is 13.9. The van der Waals surface area contributed by atoms with Crippen LogP contribution in [0.1, 0.15) is 42.6 Å². The lowest BCUT2D eigenvalue weighted by Crippen LogP contribution is -2.52. The largest absolute Gasteiger partial charge is 0.478 e. The van der Waals surface area contributed by atoms with Gasteiger partial charge in [0.1, 0.15) is 17.5 Å². The maximum absolute atomic E-state index is 13.9. The number of halogens is 2. The third-order valence-electron chi connectivity index (χ3n) is 7.42. The van der Waals surface area contributed by atoms with Gasteiger partial charge in [-0.2, -0.15) is 0 Å². The van der Waals surface area contributed by atoms with Gasteiger partial charge in [0.05, 0.1) is 16.3 Å². The van der Waals surface area contributed by atoms with Gasteiger partial charge < -0.3 is 19.8 Å². The third kappa shape index (κ3) is 5.07. The predicted molar refractivity (Wildman–Crippen MR) is 146 cm³/mol. The van der Waals surface area contributed by atoms with E-state index in [2.05, 4.69) is 45.7 Å². The number of aromatic carboxylic acids is 1. The van der Waals surface area contributed by atoms with Crippen LogP contribution in [0.5, 0.6) is 0 Å². The molecule has 1 aromatic carbocycles. The van der Waals surface area contributed by atoms with Crippen LogP contribution in [0.15, 0.2) is 42.6 Å². The number of pyridine rings is 2. The van der Waals surface area contributed by atoms with Gasteiger partial charge in [-0.1, -0.05) is 11.6 Å². The number of piperazine rings is 1. The van der Waals surface area contributed by atoms with Crippen molar-refractivity contribution in [2.24, 2.45) is 0 Å². The summed E-state index contributed by atoms with van der Waals surface area (Å²) in [5, 5.41) is 9.35. The molecule has 0 radical (unpaired) electrons. The molecule has 2 saturated heterocycles. The van der Waals surface area contributed by atoms with Crippen LogP contribution < -0.4 is 14.7 Å². The molecule has 5 rings (SSSR count). The van der Waals surface area contributed by atoms with E-state index in [4.69, 9.17) is 16.6 Å². The molecule has 2 atom stereocenters. The number of anilines is 3. The topological polar surface area (TPSA) is 72.8 Å². The van der Waals surface area contributed by atoms with Crippen LogP contribution >= 0.6 is 11.6 Å². The second kappa shape index (κ2) is 10.2. The van der Waals surface area contributed by atoms with Crippen molar-refractivity contribution in [3.63, 3.8) is 0 Å². The van der Waals surface area contributed by atoms with Crippen molar-refractivity contribution in [3.8, 4) is 11.3 Å². The summed E-state index contributed by atoms with van der Waals surface area (Å²) in [4.78, 5) is 27.7. The summed E-state index contributed by atoms with van der Waals surface area (Å²) in [7, 11) is 0. The van der Waals surface area contributed by atoms with Crippen molar-refractivity contribution < 1.29 is 14.3 Å². The number of hydrogen-bond donors (Lipinski definition) is 1. The molecule has 1 N–H and O–H groups in total. The van der Waals surface area contributed by atoms with Crippen molar-refractivity contribution in [1.82, 2.24) is 9.97 Å². The molecule has 37 heavy (non-hydrogen) atoms. The standard InChI is InChI=1S/C28H31ClFN5O2/c1-17-11-21(28(36)37)15-31-27(17)33-9-10-34(19(3)16-33)22-13-25(20-6-7-24(30)23(29)12-20)32-26(14-22)35-8-4-5-18(35)2/h6-7,11-15,18-19H,4-5,8-10,16H2,1-3H3,(H,36,37). The van der Waals surface area contributed by atoms with Crippen LogP contribution in [-0.2, 0) is 0 Å². The molecule has 0 amide bonds. The Kier molecular flexibility index (Phi) is 6.94. The van der Waals surface area contributed by atoms with E-state index in [0.29, 0.717) is 6.04 Å². The fraction of sp³-hybridized carbons (Fsp3) is 0.393. The van der Waals surface area contributed by atoms with E-state index in [1.165, 1.54) is 12.3 Å². The van der Waals surface area contributed by atoms with Gasteiger partial charge in [-0.05, 0) is 69.5 Å². The molecule has 3 aromatic rings.